The van der Waals surface area contributed by atoms with Crippen LogP contribution in [0.2, 0.25) is 5.02 Å². The van der Waals surface area contributed by atoms with Crippen LogP contribution in [0.1, 0.15) is 11.3 Å². The van der Waals surface area contributed by atoms with E-state index in [9.17, 15) is 22.8 Å². The van der Waals surface area contributed by atoms with Gasteiger partial charge in [-0.2, -0.15) is 4.39 Å². The molecular formula is C21H14ClF3N4O2. The van der Waals surface area contributed by atoms with Crippen LogP contribution < -0.4 is 10.2 Å². The summed E-state index contributed by atoms with van der Waals surface area (Å²) in [6, 6.07) is 6.27. The fourth-order valence-corrected chi connectivity index (χ4v) is 3.49. The molecule has 0 atom stereocenters. The molecular weight excluding hydrogens is 433 g/mol. The number of hydrogen-bond acceptors (Lipinski definition) is 4. The van der Waals surface area contributed by atoms with Gasteiger partial charge in [0, 0.05) is 11.4 Å². The van der Waals surface area contributed by atoms with Crippen LogP contribution in [0.3, 0.4) is 0 Å². The lowest BCUT2D eigenvalue weighted by Gasteiger charge is -2.23. The van der Waals surface area contributed by atoms with Gasteiger partial charge in [-0.25, -0.2) is 13.8 Å². The van der Waals surface area contributed by atoms with E-state index in [0.29, 0.717) is 0 Å². The second-order valence-electron chi connectivity index (χ2n) is 6.94. The van der Waals surface area contributed by atoms with Crippen molar-refractivity contribution in [1.29, 1.82) is 0 Å². The molecule has 0 fully saturated rings. The van der Waals surface area contributed by atoms with E-state index in [4.69, 9.17) is 11.6 Å². The molecule has 0 spiro atoms. The van der Waals surface area contributed by atoms with Crippen molar-refractivity contribution in [2.75, 3.05) is 16.8 Å². The lowest BCUT2D eigenvalue weighted by molar-refractivity contribution is -0.121. The van der Waals surface area contributed by atoms with Gasteiger partial charge in [-0.05, 0) is 42.8 Å². The van der Waals surface area contributed by atoms with Gasteiger partial charge in [-0.3, -0.25) is 14.6 Å². The molecule has 0 bridgehead atoms. The van der Waals surface area contributed by atoms with Crippen molar-refractivity contribution in [1.82, 2.24) is 9.97 Å². The SMILES string of the molecule is Cc1cc2c(c(F)n1)-c1ncc(F)cc1CC(=O)N2CC(=O)Nc1ccc(Cl)c(F)c1. The molecule has 3 aromatic rings. The molecule has 0 saturated carbocycles. The van der Waals surface area contributed by atoms with E-state index in [1.54, 1.807) is 0 Å². The van der Waals surface area contributed by atoms with Crippen molar-refractivity contribution in [2.45, 2.75) is 13.3 Å². The quantitative estimate of drug-likeness (QED) is 0.616. The van der Waals surface area contributed by atoms with E-state index in [2.05, 4.69) is 15.3 Å². The minimum absolute atomic E-state index is 0.0810. The standard InChI is InChI=1S/C21H14ClF3N4O2/c1-10-4-16-19(21(25)27-10)20-11(5-12(23)8-26-20)6-18(31)29(16)9-17(30)28-13-2-3-14(22)15(24)7-13/h2-5,7-8H,6,9H2,1H3,(H,28,30). The van der Waals surface area contributed by atoms with Crippen LogP contribution >= 0.6 is 11.6 Å². The number of nitrogens with one attached hydrogen (secondary N) is 1. The first kappa shape index (κ1) is 20.8. The molecule has 2 amide bonds. The lowest BCUT2D eigenvalue weighted by Crippen LogP contribution is -2.38. The number of carbonyl (C=O) groups excluding carboxylic acids is 2. The van der Waals surface area contributed by atoms with E-state index in [-0.39, 0.29) is 45.3 Å². The Morgan fingerprint density at radius 3 is 2.74 bits per heavy atom. The molecule has 0 radical (unpaired) electrons. The van der Waals surface area contributed by atoms with Crippen molar-refractivity contribution in [3.05, 3.63) is 70.4 Å². The van der Waals surface area contributed by atoms with Crippen LogP contribution in [0.5, 0.6) is 0 Å². The van der Waals surface area contributed by atoms with Crippen LogP contribution in [-0.2, 0) is 16.0 Å². The second kappa shape index (κ2) is 7.99. The number of amides is 2. The number of anilines is 2. The molecule has 1 aliphatic heterocycles. The molecule has 3 heterocycles. The van der Waals surface area contributed by atoms with Crippen LogP contribution in [0.4, 0.5) is 24.5 Å². The molecule has 0 aliphatic carbocycles. The van der Waals surface area contributed by atoms with Crippen LogP contribution in [0.15, 0.2) is 36.5 Å². The van der Waals surface area contributed by atoms with E-state index in [1.807, 2.05) is 0 Å². The average molecular weight is 447 g/mol. The molecule has 0 saturated heterocycles. The summed E-state index contributed by atoms with van der Waals surface area (Å²) in [6.45, 7) is 1.04. The van der Waals surface area contributed by atoms with Gasteiger partial charge in [0.15, 0.2) is 0 Å². The predicted octanol–water partition coefficient (Wildman–Crippen LogP) is 4.05. The number of pyridine rings is 2. The number of nitrogens with zero attached hydrogens (tertiary/aromatic N) is 3. The van der Waals surface area contributed by atoms with E-state index in [0.717, 1.165) is 23.2 Å². The van der Waals surface area contributed by atoms with Crippen LogP contribution in [-0.4, -0.2) is 28.3 Å². The first-order valence-electron chi connectivity index (χ1n) is 9.10. The second-order valence-corrected chi connectivity index (χ2v) is 7.35. The predicted molar refractivity (Wildman–Crippen MR) is 108 cm³/mol. The summed E-state index contributed by atoms with van der Waals surface area (Å²) in [4.78, 5) is 34.3. The Morgan fingerprint density at radius 1 is 1.23 bits per heavy atom. The number of carbonyl (C=O) groups is 2. The Kier molecular flexibility index (Phi) is 5.36. The molecule has 31 heavy (non-hydrogen) atoms. The summed E-state index contributed by atoms with van der Waals surface area (Å²) >= 11 is 5.64. The number of halogens is 4. The van der Waals surface area contributed by atoms with Crippen molar-refractivity contribution < 1.29 is 22.8 Å². The fourth-order valence-electron chi connectivity index (χ4n) is 3.38. The molecule has 4 rings (SSSR count). The van der Waals surface area contributed by atoms with Gasteiger partial charge in [0.1, 0.15) is 18.2 Å². The summed E-state index contributed by atoms with van der Waals surface area (Å²) in [7, 11) is 0. The minimum atomic E-state index is -0.893. The smallest absolute Gasteiger partial charge is 0.244 e. The third-order valence-electron chi connectivity index (χ3n) is 4.69. The number of aromatic nitrogens is 2. The summed E-state index contributed by atoms with van der Waals surface area (Å²) < 4.78 is 42.2. The van der Waals surface area contributed by atoms with Crippen LogP contribution in [0.25, 0.3) is 11.3 Å². The normalized spacial score (nSPS) is 12.8. The topological polar surface area (TPSA) is 75.2 Å². The third kappa shape index (κ3) is 4.09. The number of fused-ring (bicyclic) bond motifs is 3. The molecule has 1 N–H and O–H groups in total. The maximum atomic E-state index is 14.8. The van der Waals surface area contributed by atoms with E-state index in [1.165, 1.54) is 25.1 Å². The first-order valence-corrected chi connectivity index (χ1v) is 9.48. The average Bonchev–Trinajstić information content (AvgIpc) is 2.79. The molecule has 6 nitrogen and oxygen atoms in total. The Balaban J connectivity index is 1.72. The van der Waals surface area contributed by atoms with Crippen molar-refractivity contribution in [3.63, 3.8) is 0 Å². The zero-order valence-corrected chi connectivity index (χ0v) is 16.8. The summed E-state index contributed by atoms with van der Waals surface area (Å²) in [5.41, 5.74) is 0.663. The van der Waals surface area contributed by atoms with E-state index >= 15 is 0 Å². The summed E-state index contributed by atoms with van der Waals surface area (Å²) in [6.07, 6.45) is 0.625. The first-order chi connectivity index (χ1) is 14.7. The lowest BCUT2D eigenvalue weighted by atomic mass is 10.0. The number of hydrogen-bond donors (Lipinski definition) is 1. The Morgan fingerprint density at radius 2 is 2.00 bits per heavy atom. The van der Waals surface area contributed by atoms with Gasteiger partial charge in [0.2, 0.25) is 17.8 Å². The third-order valence-corrected chi connectivity index (χ3v) is 5.00. The van der Waals surface area contributed by atoms with Crippen LogP contribution in [0, 0.1) is 24.5 Å². The zero-order chi connectivity index (χ0) is 22.3. The molecule has 158 valence electrons. The Labute approximate surface area is 179 Å². The monoisotopic (exact) mass is 446 g/mol. The van der Waals surface area contributed by atoms with Crippen molar-refractivity contribution in [3.8, 4) is 11.3 Å². The maximum Gasteiger partial charge on any atom is 0.244 e. The number of aryl methyl sites for hydroxylation is 1. The van der Waals surface area contributed by atoms with Gasteiger partial charge >= 0.3 is 0 Å². The van der Waals surface area contributed by atoms with Gasteiger partial charge in [-0.1, -0.05) is 11.6 Å². The van der Waals surface area contributed by atoms with Gasteiger partial charge in [0.05, 0.1) is 34.6 Å². The highest BCUT2D eigenvalue weighted by molar-refractivity contribution is 6.30. The van der Waals surface area contributed by atoms with Gasteiger partial charge in [0.25, 0.3) is 0 Å². The number of benzene rings is 1. The molecule has 0 unspecified atom stereocenters. The van der Waals surface area contributed by atoms with Gasteiger partial charge in [-0.15, -0.1) is 0 Å². The molecule has 1 aromatic carbocycles. The molecule has 1 aliphatic rings. The Hall–Kier alpha value is -3.46. The highest BCUT2D eigenvalue weighted by atomic mass is 35.5. The zero-order valence-electron chi connectivity index (χ0n) is 16.0. The summed E-state index contributed by atoms with van der Waals surface area (Å²) in [5, 5.41) is 2.37. The molecule has 2 aromatic heterocycles. The fraction of sp³-hybridized carbons (Fsp3) is 0.143. The molecule has 10 heteroatoms. The van der Waals surface area contributed by atoms with Crippen molar-refractivity contribution >= 4 is 34.8 Å². The minimum Gasteiger partial charge on any atom is -0.324 e. The van der Waals surface area contributed by atoms with E-state index < -0.39 is 35.9 Å². The van der Waals surface area contributed by atoms with Gasteiger partial charge < -0.3 is 10.2 Å². The largest absolute Gasteiger partial charge is 0.324 e. The maximum absolute atomic E-state index is 14.8. The van der Waals surface area contributed by atoms with Crippen molar-refractivity contribution in [2.24, 2.45) is 0 Å². The number of rotatable bonds is 3. The Bertz CT molecular complexity index is 1240. The summed E-state index contributed by atoms with van der Waals surface area (Å²) in [5.74, 6) is -3.50. The highest BCUT2D eigenvalue weighted by Gasteiger charge is 2.31. The highest BCUT2D eigenvalue weighted by Crippen LogP contribution is 2.37.